The molecule has 0 atom stereocenters. The number of hydrogen-bond donors (Lipinski definition) is 1. The summed E-state index contributed by atoms with van der Waals surface area (Å²) in [4.78, 5) is 0. The smallest absolute Gasteiger partial charge is 0.250 e. The van der Waals surface area contributed by atoms with Crippen molar-refractivity contribution in [1.29, 1.82) is 0 Å². The zero-order valence-electron chi connectivity index (χ0n) is 6.16. The lowest BCUT2D eigenvalue weighted by Gasteiger charge is -2.02. The van der Waals surface area contributed by atoms with Crippen molar-refractivity contribution in [2.75, 3.05) is 13.1 Å². The third-order valence-electron chi connectivity index (χ3n) is 1.03. The van der Waals surface area contributed by atoms with Gasteiger partial charge in [0.2, 0.25) is 0 Å². The van der Waals surface area contributed by atoms with Gasteiger partial charge in [0.1, 0.15) is 0 Å². The van der Waals surface area contributed by atoms with Crippen molar-refractivity contribution in [2.45, 2.75) is 19.8 Å². The molecule has 1 nitrogen and oxygen atoms in total. The lowest BCUT2D eigenvalue weighted by molar-refractivity contribution is 0.146. The molecule has 3 heteroatoms. The lowest BCUT2D eigenvalue weighted by atomic mass is 10.2. The van der Waals surface area contributed by atoms with Crippen LogP contribution in [0.15, 0.2) is 12.2 Å². The highest BCUT2D eigenvalue weighted by molar-refractivity contribution is 4.88. The molecule has 0 heterocycles. The van der Waals surface area contributed by atoms with Gasteiger partial charge in [-0.1, -0.05) is 5.57 Å². The second-order valence-corrected chi connectivity index (χ2v) is 2.30. The normalized spacial score (nSPS) is 10.4. The summed E-state index contributed by atoms with van der Waals surface area (Å²) in [6, 6.07) is 0. The van der Waals surface area contributed by atoms with Crippen molar-refractivity contribution in [2.24, 2.45) is 0 Å². The average Bonchev–Trinajstić information content (AvgIpc) is 1.79. The highest BCUT2D eigenvalue weighted by Crippen LogP contribution is 1.93. The monoisotopic (exact) mass is 149 g/mol. The third-order valence-corrected chi connectivity index (χ3v) is 1.03. The van der Waals surface area contributed by atoms with Gasteiger partial charge in [0, 0.05) is 0 Å². The molecule has 0 spiro atoms. The van der Waals surface area contributed by atoms with Crippen LogP contribution in [0, 0.1) is 0 Å². The van der Waals surface area contributed by atoms with Crippen LogP contribution in [0.3, 0.4) is 0 Å². The molecule has 0 aliphatic rings. The van der Waals surface area contributed by atoms with Crippen LogP contribution in [0.1, 0.15) is 13.3 Å². The largest absolute Gasteiger partial charge is 0.311 e. The fourth-order valence-corrected chi connectivity index (χ4v) is 0.513. The molecule has 0 saturated carbocycles. The fraction of sp³-hybridized carbons (Fsp3) is 0.714. The van der Waals surface area contributed by atoms with Gasteiger partial charge in [0.25, 0.3) is 6.43 Å². The van der Waals surface area contributed by atoms with Crippen molar-refractivity contribution in [3.05, 3.63) is 12.2 Å². The predicted molar refractivity (Wildman–Crippen MR) is 38.3 cm³/mol. The molecule has 60 valence electrons. The van der Waals surface area contributed by atoms with E-state index in [2.05, 4.69) is 11.9 Å². The first kappa shape index (κ1) is 9.56. The van der Waals surface area contributed by atoms with Gasteiger partial charge in [-0.25, -0.2) is 8.78 Å². The third kappa shape index (κ3) is 7.56. The van der Waals surface area contributed by atoms with Crippen molar-refractivity contribution in [1.82, 2.24) is 5.32 Å². The Morgan fingerprint density at radius 3 is 2.60 bits per heavy atom. The SMILES string of the molecule is C=C(C)CCNCC(F)F. The summed E-state index contributed by atoms with van der Waals surface area (Å²) >= 11 is 0. The standard InChI is InChI=1S/C7H13F2N/c1-6(2)3-4-10-5-7(8)9/h7,10H,1,3-5H2,2H3. The Hall–Kier alpha value is -0.440. The van der Waals surface area contributed by atoms with Crippen LogP contribution in [-0.2, 0) is 0 Å². The Labute approximate surface area is 60.1 Å². The summed E-state index contributed by atoms with van der Waals surface area (Å²) < 4.78 is 22.9. The van der Waals surface area contributed by atoms with E-state index >= 15 is 0 Å². The van der Waals surface area contributed by atoms with Crippen LogP contribution in [-0.4, -0.2) is 19.5 Å². The average molecular weight is 149 g/mol. The maximum Gasteiger partial charge on any atom is 0.250 e. The quantitative estimate of drug-likeness (QED) is 0.464. The lowest BCUT2D eigenvalue weighted by Crippen LogP contribution is -2.22. The number of hydrogen-bond acceptors (Lipinski definition) is 1. The second kappa shape index (κ2) is 5.35. The van der Waals surface area contributed by atoms with Crippen LogP contribution in [0.5, 0.6) is 0 Å². The van der Waals surface area contributed by atoms with Crippen molar-refractivity contribution >= 4 is 0 Å². The molecule has 0 aromatic heterocycles. The minimum absolute atomic E-state index is 0.215. The van der Waals surface area contributed by atoms with Crippen molar-refractivity contribution in [3.8, 4) is 0 Å². The van der Waals surface area contributed by atoms with E-state index in [1.165, 1.54) is 0 Å². The molecule has 0 rings (SSSR count). The molecule has 0 unspecified atom stereocenters. The Bertz CT molecular complexity index is 102. The molecule has 0 aromatic rings. The molecular weight excluding hydrogens is 136 g/mol. The minimum atomic E-state index is -2.25. The Morgan fingerprint density at radius 1 is 1.60 bits per heavy atom. The van der Waals surface area contributed by atoms with E-state index in [1.54, 1.807) is 0 Å². The van der Waals surface area contributed by atoms with E-state index in [-0.39, 0.29) is 6.54 Å². The van der Waals surface area contributed by atoms with Crippen LogP contribution in [0.25, 0.3) is 0 Å². The van der Waals surface area contributed by atoms with E-state index in [9.17, 15) is 8.78 Å². The van der Waals surface area contributed by atoms with Gasteiger partial charge in [0.05, 0.1) is 6.54 Å². The molecule has 0 fully saturated rings. The number of rotatable bonds is 5. The minimum Gasteiger partial charge on any atom is -0.311 e. The highest BCUT2D eigenvalue weighted by Gasteiger charge is 1.98. The van der Waals surface area contributed by atoms with E-state index in [0.29, 0.717) is 6.54 Å². The number of alkyl halides is 2. The van der Waals surface area contributed by atoms with Crippen LogP contribution in [0.4, 0.5) is 8.78 Å². The molecule has 0 aliphatic heterocycles. The zero-order chi connectivity index (χ0) is 7.98. The van der Waals surface area contributed by atoms with Gasteiger partial charge in [-0.05, 0) is 19.9 Å². The summed E-state index contributed by atoms with van der Waals surface area (Å²) in [5.74, 6) is 0. The van der Waals surface area contributed by atoms with Crippen LogP contribution < -0.4 is 5.32 Å². The molecule has 0 radical (unpaired) electrons. The van der Waals surface area contributed by atoms with Crippen molar-refractivity contribution in [3.63, 3.8) is 0 Å². The first-order valence-corrected chi connectivity index (χ1v) is 3.26. The Morgan fingerprint density at radius 2 is 2.20 bits per heavy atom. The second-order valence-electron chi connectivity index (χ2n) is 2.30. The Balaban J connectivity index is 2.98. The molecule has 0 bridgehead atoms. The molecule has 0 aromatic carbocycles. The van der Waals surface area contributed by atoms with Gasteiger partial charge < -0.3 is 5.32 Å². The summed E-state index contributed by atoms with van der Waals surface area (Å²) in [6.07, 6.45) is -1.47. The zero-order valence-corrected chi connectivity index (χ0v) is 6.16. The fourth-order valence-electron chi connectivity index (χ4n) is 0.513. The van der Waals surface area contributed by atoms with Crippen molar-refractivity contribution < 1.29 is 8.78 Å². The predicted octanol–water partition coefficient (Wildman–Crippen LogP) is 1.81. The summed E-state index contributed by atoms with van der Waals surface area (Å²) in [5, 5.41) is 2.61. The van der Waals surface area contributed by atoms with E-state index in [0.717, 1.165) is 12.0 Å². The highest BCUT2D eigenvalue weighted by atomic mass is 19.3. The van der Waals surface area contributed by atoms with Gasteiger partial charge in [-0.15, -0.1) is 6.58 Å². The molecule has 10 heavy (non-hydrogen) atoms. The maximum atomic E-state index is 11.5. The molecular formula is C7H13F2N. The first-order valence-electron chi connectivity index (χ1n) is 3.26. The molecule has 0 aliphatic carbocycles. The van der Waals surface area contributed by atoms with E-state index in [4.69, 9.17) is 0 Å². The number of nitrogens with one attached hydrogen (secondary N) is 1. The summed E-state index contributed by atoms with van der Waals surface area (Å²) in [7, 11) is 0. The van der Waals surface area contributed by atoms with Crippen LogP contribution >= 0.6 is 0 Å². The summed E-state index contributed by atoms with van der Waals surface area (Å²) in [5.41, 5.74) is 1.02. The molecule has 0 amide bonds. The van der Waals surface area contributed by atoms with Gasteiger partial charge >= 0.3 is 0 Å². The molecule has 0 saturated heterocycles. The maximum absolute atomic E-state index is 11.5. The van der Waals surface area contributed by atoms with Gasteiger partial charge in [0.15, 0.2) is 0 Å². The molecule has 1 N–H and O–H groups in total. The van der Waals surface area contributed by atoms with E-state index < -0.39 is 6.43 Å². The van der Waals surface area contributed by atoms with Gasteiger partial charge in [-0.3, -0.25) is 0 Å². The van der Waals surface area contributed by atoms with Crippen LogP contribution in [0.2, 0.25) is 0 Å². The van der Waals surface area contributed by atoms with E-state index in [1.807, 2.05) is 6.92 Å². The topological polar surface area (TPSA) is 12.0 Å². The summed E-state index contributed by atoms with van der Waals surface area (Å²) in [6.45, 7) is 5.91. The number of halogens is 2. The van der Waals surface area contributed by atoms with Gasteiger partial charge in [-0.2, -0.15) is 0 Å². The Kier molecular flexibility index (Phi) is 5.12. The first-order chi connectivity index (χ1) is 4.63.